The van der Waals surface area contributed by atoms with Crippen molar-refractivity contribution in [2.75, 3.05) is 19.0 Å². The van der Waals surface area contributed by atoms with E-state index in [0.717, 1.165) is 27.5 Å². The average Bonchev–Trinajstić information content (AvgIpc) is 3.13. The summed E-state index contributed by atoms with van der Waals surface area (Å²) >= 11 is 1.54. The summed E-state index contributed by atoms with van der Waals surface area (Å²) in [6, 6.07) is 4.89. The van der Waals surface area contributed by atoms with Crippen molar-refractivity contribution in [3.8, 4) is 0 Å². The van der Waals surface area contributed by atoms with Crippen molar-refractivity contribution < 1.29 is 9.18 Å². The molecule has 0 fully saturated rings. The Hall–Kier alpha value is -2.41. The Kier molecular flexibility index (Phi) is 4.53. The number of benzene rings is 1. The Morgan fingerprint density at radius 2 is 2.21 bits per heavy atom. The first-order chi connectivity index (χ1) is 11.5. The molecule has 7 heteroatoms. The molecule has 24 heavy (non-hydrogen) atoms. The number of para-hydroxylation sites is 1. The maximum atomic E-state index is 13.8. The Bertz CT molecular complexity index is 884. The van der Waals surface area contributed by atoms with E-state index in [9.17, 15) is 9.18 Å². The summed E-state index contributed by atoms with van der Waals surface area (Å²) in [5, 5.41) is 6.47. The lowest BCUT2D eigenvalue weighted by Crippen LogP contribution is -2.25. The standard InChI is InChI=1S/C17H19FN4OS/c1-10-13(12-5-4-6-14(18)16(12)20-10)7-15(23)19-8-11-9-24-17(21-11)22(2)3/h4-6,9,20H,7-8H2,1-3H3,(H,19,23). The van der Waals surface area contributed by atoms with E-state index in [-0.39, 0.29) is 18.1 Å². The molecule has 5 nitrogen and oxygen atoms in total. The lowest BCUT2D eigenvalue weighted by Gasteiger charge is -2.06. The van der Waals surface area contributed by atoms with Crippen molar-refractivity contribution in [2.24, 2.45) is 0 Å². The van der Waals surface area contributed by atoms with Crippen LogP contribution >= 0.6 is 11.3 Å². The minimum Gasteiger partial charge on any atom is -0.356 e. The molecule has 0 saturated carbocycles. The van der Waals surface area contributed by atoms with Crippen LogP contribution in [0.3, 0.4) is 0 Å². The zero-order valence-electron chi connectivity index (χ0n) is 13.8. The molecule has 2 heterocycles. The highest BCUT2D eigenvalue weighted by atomic mass is 32.1. The number of fused-ring (bicyclic) bond motifs is 1. The Morgan fingerprint density at radius 3 is 2.92 bits per heavy atom. The van der Waals surface area contributed by atoms with Crippen LogP contribution in [-0.2, 0) is 17.8 Å². The van der Waals surface area contributed by atoms with E-state index in [2.05, 4.69) is 15.3 Å². The maximum Gasteiger partial charge on any atom is 0.224 e. The molecule has 1 aromatic carbocycles. The van der Waals surface area contributed by atoms with Gasteiger partial charge in [0.15, 0.2) is 5.13 Å². The predicted octanol–water partition coefficient (Wildman–Crippen LogP) is 3.00. The Labute approximate surface area is 143 Å². The third kappa shape index (κ3) is 3.26. The molecular formula is C17H19FN4OS. The molecule has 0 aliphatic heterocycles. The fourth-order valence-electron chi connectivity index (χ4n) is 2.59. The van der Waals surface area contributed by atoms with Crippen LogP contribution in [-0.4, -0.2) is 30.0 Å². The van der Waals surface area contributed by atoms with Crippen LogP contribution < -0.4 is 10.2 Å². The van der Waals surface area contributed by atoms with Crippen LogP contribution in [0.15, 0.2) is 23.6 Å². The third-order valence-corrected chi connectivity index (χ3v) is 4.89. The lowest BCUT2D eigenvalue weighted by molar-refractivity contribution is -0.120. The van der Waals surface area contributed by atoms with E-state index in [1.807, 2.05) is 37.4 Å². The number of hydrogen-bond donors (Lipinski definition) is 2. The van der Waals surface area contributed by atoms with Gasteiger partial charge < -0.3 is 15.2 Å². The number of H-pyrrole nitrogens is 1. The molecule has 0 bridgehead atoms. The largest absolute Gasteiger partial charge is 0.356 e. The van der Waals surface area contributed by atoms with Gasteiger partial charge in [-0.05, 0) is 18.6 Å². The molecule has 2 aromatic heterocycles. The summed E-state index contributed by atoms with van der Waals surface area (Å²) < 4.78 is 13.8. The van der Waals surface area contributed by atoms with Crippen LogP contribution in [0, 0.1) is 12.7 Å². The van der Waals surface area contributed by atoms with Crippen molar-refractivity contribution in [2.45, 2.75) is 19.9 Å². The van der Waals surface area contributed by atoms with Gasteiger partial charge >= 0.3 is 0 Å². The molecule has 126 valence electrons. The fraction of sp³-hybridized carbons (Fsp3) is 0.294. The van der Waals surface area contributed by atoms with E-state index >= 15 is 0 Å². The number of anilines is 1. The second-order valence-corrected chi connectivity index (χ2v) is 6.70. The minimum atomic E-state index is -0.305. The van der Waals surface area contributed by atoms with Crippen molar-refractivity contribution in [3.05, 3.63) is 46.3 Å². The first-order valence-corrected chi connectivity index (χ1v) is 8.47. The molecule has 0 saturated heterocycles. The summed E-state index contributed by atoms with van der Waals surface area (Å²) in [7, 11) is 3.86. The Balaban J connectivity index is 1.69. The van der Waals surface area contributed by atoms with E-state index in [1.165, 1.54) is 17.4 Å². The van der Waals surface area contributed by atoms with Crippen molar-refractivity contribution >= 4 is 33.3 Å². The van der Waals surface area contributed by atoms with Gasteiger partial charge in [0.2, 0.25) is 5.91 Å². The quantitative estimate of drug-likeness (QED) is 0.747. The lowest BCUT2D eigenvalue weighted by atomic mass is 10.1. The second-order valence-electron chi connectivity index (χ2n) is 5.86. The van der Waals surface area contributed by atoms with E-state index in [1.54, 1.807) is 6.07 Å². The van der Waals surface area contributed by atoms with Gasteiger partial charge in [0.1, 0.15) is 5.82 Å². The van der Waals surface area contributed by atoms with Crippen LogP contribution in [0.4, 0.5) is 9.52 Å². The minimum absolute atomic E-state index is 0.109. The first-order valence-electron chi connectivity index (χ1n) is 7.60. The van der Waals surface area contributed by atoms with Crippen LogP contribution in [0.25, 0.3) is 10.9 Å². The number of thiazole rings is 1. The van der Waals surface area contributed by atoms with Crippen LogP contribution in [0.1, 0.15) is 17.0 Å². The van der Waals surface area contributed by atoms with Crippen molar-refractivity contribution in [1.29, 1.82) is 0 Å². The molecule has 0 spiro atoms. The molecular weight excluding hydrogens is 327 g/mol. The molecule has 3 rings (SSSR count). The number of aromatic nitrogens is 2. The third-order valence-electron chi connectivity index (χ3n) is 3.83. The molecule has 0 atom stereocenters. The molecule has 0 unspecified atom stereocenters. The number of nitrogens with zero attached hydrogens (tertiary/aromatic N) is 2. The number of hydrogen-bond acceptors (Lipinski definition) is 4. The fourth-order valence-corrected chi connectivity index (χ4v) is 3.35. The Morgan fingerprint density at radius 1 is 1.42 bits per heavy atom. The molecule has 0 aliphatic carbocycles. The highest BCUT2D eigenvalue weighted by Crippen LogP contribution is 2.24. The molecule has 1 amide bonds. The molecule has 2 N–H and O–H groups in total. The van der Waals surface area contributed by atoms with Gasteiger partial charge in [-0.3, -0.25) is 4.79 Å². The van der Waals surface area contributed by atoms with E-state index < -0.39 is 0 Å². The zero-order chi connectivity index (χ0) is 17.3. The predicted molar refractivity (Wildman–Crippen MR) is 95.0 cm³/mol. The number of aromatic amines is 1. The summed E-state index contributed by atoms with van der Waals surface area (Å²) in [4.78, 5) is 21.6. The summed E-state index contributed by atoms with van der Waals surface area (Å²) in [6.45, 7) is 2.24. The van der Waals surface area contributed by atoms with Gasteiger partial charge in [0, 0.05) is 30.6 Å². The average molecular weight is 346 g/mol. The SMILES string of the molecule is Cc1[nH]c2c(F)cccc2c1CC(=O)NCc1csc(N(C)C)n1. The summed E-state index contributed by atoms with van der Waals surface area (Å²) in [5.41, 5.74) is 2.93. The molecule has 0 aliphatic rings. The van der Waals surface area contributed by atoms with Gasteiger partial charge in [-0.25, -0.2) is 9.37 Å². The highest BCUT2D eigenvalue weighted by Gasteiger charge is 2.14. The number of halogens is 1. The van der Waals surface area contributed by atoms with Gasteiger partial charge in [-0.2, -0.15) is 0 Å². The normalized spacial score (nSPS) is 11.0. The molecule has 3 aromatic rings. The van der Waals surface area contributed by atoms with Crippen LogP contribution in [0.5, 0.6) is 0 Å². The summed E-state index contributed by atoms with van der Waals surface area (Å²) in [5.74, 6) is -0.413. The van der Waals surface area contributed by atoms with Gasteiger partial charge in [-0.1, -0.05) is 12.1 Å². The van der Waals surface area contributed by atoms with Gasteiger partial charge in [0.05, 0.1) is 24.2 Å². The monoisotopic (exact) mass is 346 g/mol. The highest BCUT2D eigenvalue weighted by molar-refractivity contribution is 7.13. The van der Waals surface area contributed by atoms with Crippen molar-refractivity contribution in [3.63, 3.8) is 0 Å². The smallest absolute Gasteiger partial charge is 0.224 e. The number of nitrogens with one attached hydrogen (secondary N) is 2. The number of carbonyl (C=O) groups is 1. The first kappa shape index (κ1) is 16.4. The topological polar surface area (TPSA) is 61.0 Å². The number of aryl methyl sites for hydroxylation is 1. The molecule has 0 radical (unpaired) electrons. The van der Waals surface area contributed by atoms with Crippen LogP contribution in [0.2, 0.25) is 0 Å². The van der Waals surface area contributed by atoms with Gasteiger partial charge in [0.25, 0.3) is 0 Å². The number of rotatable bonds is 5. The van der Waals surface area contributed by atoms with E-state index in [0.29, 0.717) is 12.1 Å². The van der Waals surface area contributed by atoms with E-state index in [4.69, 9.17) is 0 Å². The number of amides is 1. The van der Waals surface area contributed by atoms with Crippen molar-refractivity contribution in [1.82, 2.24) is 15.3 Å². The number of carbonyl (C=O) groups excluding carboxylic acids is 1. The zero-order valence-corrected chi connectivity index (χ0v) is 14.6. The second kappa shape index (κ2) is 6.60. The maximum absolute atomic E-state index is 13.8. The van der Waals surface area contributed by atoms with Gasteiger partial charge in [-0.15, -0.1) is 11.3 Å². The summed E-state index contributed by atoms with van der Waals surface area (Å²) in [6.07, 6.45) is 0.208.